The van der Waals surface area contributed by atoms with E-state index in [1.54, 1.807) is 0 Å². The Morgan fingerprint density at radius 3 is 2.71 bits per heavy atom. The fourth-order valence-electron chi connectivity index (χ4n) is 2.20. The maximum Gasteiger partial charge on any atom is 0.119 e. The third-order valence-corrected chi connectivity index (χ3v) is 3.67. The Morgan fingerprint density at radius 2 is 2.00 bits per heavy atom. The summed E-state index contributed by atoms with van der Waals surface area (Å²) in [4.78, 5) is 4.60. The van der Waals surface area contributed by atoms with Crippen LogP contribution < -0.4 is 10.1 Å². The zero-order chi connectivity index (χ0) is 15.2. The van der Waals surface area contributed by atoms with Crippen LogP contribution in [0.2, 0.25) is 0 Å². The third-order valence-electron chi connectivity index (χ3n) is 3.67. The molecule has 2 aromatic rings. The summed E-state index contributed by atoms with van der Waals surface area (Å²) in [6.07, 6.45) is 0. The zero-order valence-corrected chi connectivity index (χ0v) is 13.3. The fraction of sp³-hybridized carbons (Fsp3) is 0.389. The number of hydrogen-bond donors (Lipinski definition) is 1. The summed E-state index contributed by atoms with van der Waals surface area (Å²) >= 11 is 0. The highest BCUT2D eigenvalue weighted by Gasteiger charge is 2.07. The second-order valence-corrected chi connectivity index (χ2v) is 5.31. The molecule has 1 unspecified atom stereocenters. The van der Waals surface area contributed by atoms with Crippen LogP contribution in [0, 0.1) is 13.8 Å². The maximum absolute atomic E-state index is 5.55. The highest BCUT2D eigenvalue weighted by Crippen LogP contribution is 2.19. The van der Waals surface area contributed by atoms with Gasteiger partial charge in [-0.05, 0) is 57.0 Å². The Hall–Kier alpha value is -1.87. The largest absolute Gasteiger partial charge is 0.494 e. The zero-order valence-electron chi connectivity index (χ0n) is 13.3. The van der Waals surface area contributed by atoms with E-state index in [2.05, 4.69) is 48.4 Å². The average Bonchev–Trinajstić information content (AvgIpc) is 2.49. The number of benzene rings is 1. The molecule has 0 radical (unpaired) electrons. The molecule has 0 aliphatic rings. The van der Waals surface area contributed by atoms with Crippen molar-refractivity contribution in [1.82, 2.24) is 10.3 Å². The van der Waals surface area contributed by atoms with E-state index < -0.39 is 0 Å². The van der Waals surface area contributed by atoms with E-state index >= 15 is 0 Å². The fourth-order valence-corrected chi connectivity index (χ4v) is 2.20. The molecule has 2 rings (SSSR count). The normalized spacial score (nSPS) is 12.2. The Balaban J connectivity index is 1.99. The van der Waals surface area contributed by atoms with Crippen molar-refractivity contribution in [2.45, 2.75) is 40.3 Å². The van der Waals surface area contributed by atoms with E-state index in [1.807, 2.05) is 26.0 Å². The van der Waals surface area contributed by atoms with E-state index in [4.69, 9.17) is 4.74 Å². The summed E-state index contributed by atoms with van der Waals surface area (Å²) in [6, 6.07) is 12.7. The van der Waals surface area contributed by atoms with Gasteiger partial charge in [0.2, 0.25) is 0 Å². The van der Waals surface area contributed by atoms with Crippen molar-refractivity contribution >= 4 is 0 Å². The molecule has 3 heteroatoms. The van der Waals surface area contributed by atoms with Crippen LogP contribution in [0.5, 0.6) is 5.75 Å². The summed E-state index contributed by atoms with van der Waals surface area (Å²) in [5.74, 6) is 0.924. The molecule has 0 fully saturated rings. The molecule has 1 atom stereocenters. The van der Waals surface area contributed by atoms with Crippen LogP contribution in [0.15, 0.2) is 36.4 Å². The Bertz CT molecular complexity index is 596. The van der Waals surface area contributed by atoms with Gasteiger partial charge in [-0.3, -0.25) is 4.98 Å². The van der Waals surface area contributed by atoms with Gasteiger partial charge in [0.05, 0.1) is 12.3 Å². The van der Waals surface area contributed by atoms with Crippen molar-refractivity contribution in [3.05, 3.63) is 58.9 Å². The van der Waals surface area contributed by atoms with Gasteiger partial charge in [-0.2, -0.15) is 0 Å². The Labute approximate surface area is 127 Å². The highest BCUT2D eigenvalue weighted by atomic mass is 16.5. The minimum atomic E-state index is 0.258. The lowest BCUT2D eigenvalue weighted by atomic mass is 10.1. The third kappa shape index (κ3) is 4.30. The van der Waals surface area contributed by atoms with E-state index in [0.717, 1.165) is 23.7 Å². The molecule has 0 saturated heterocycles. The van der Waals surface area contributed by atoms with Crippen LogP contribution >= 0.6 is 0 Å². The topological polar surface area (TPSA) is 34.1 Å². The van der Waals surface area contributed by atoms with Gasteiger partial charge in [-0.15, -0.1) is 0 Å². The van der Waals surface area contributed by atoms with Crippen LogP contribution in [0.3, 0.4) is 0 Å². The molecular formula is C18H24N2O. The van der Waals surface area contributed by atoms with Crippen LogP contribution in [0.1, 0.15) is 42.4 Å². The lowest BCUT2D eigenvalue weighted by Gasteiger charge is -2.15. The summed E-state index contributed by atoms with van der Waals surface area (Å²) in [5.41, 5.74) is 4.63. The van der Waals surface area contributed by atoms with Crippen molar-refractivity contribution in [1.29, 1.82) is 0 Å². The molecule has 0 aliphatic heterocycles. The number of pyridine rings is 1. The van der Waals surface area contributed by atoms with Crippen LogP contribution in [0.25, 0.3) is 0 Å². The van der Waals surface area contributed by atoms with Crippen LogP contribution in [-0.2, 0) is 6.54 Å². The van der Waals surface area contributed by atoms with Crippen molar-refractivity contribution in [3.63, 3.8) is 0 Å². The number of nitrogens with one attached hydrogen (secondary N) is 1. The van der Waals surface area contributed by atoms with Crippen molar-refractivity contribution < 1.29 is 4.74 Å². The Kier molecular flexibility index (Phi) is 5.34. The van der Waals surface area contributed by atoms with Crippen molar-refractivity contribution in [2.24, 2.45) is 0 Å². The van der Waals surface area contributed by atoms with Gasteiger partial charge in [0.25, 0.3) is 0 Å². The molecule has 0 bridgehead atoms. The highest BCUT2D eigenvalue weighted by molar-refractivity contribution is 5.30. The first-order chi connectivity index (χ1) is 10.1. The second-order valence-electron chi connectivity index (χ2n) is 5.31. The molecule has 1 aromatic heterocycles. The lowest BCUT2D eigenvalue weighted by molar-refractivity contribution is 0.339. The molecule has 112 valence electrons. The average molecular weight is 284 g/mol. The molecule has 0 spiro atoms. The van der Waals surface area contributed by atoms with E-state index in [9.17, 15) is 0 Å². The molecule has 0 aliphatic carbocycles. The van der Waals surface area contributed by atoms with Gasteiger partial charge in [0, 0.05) is 18.3 Å². The lowest BCUT2D eigenvalue weighted by Crippen LogP contribution is -2.19. The van der Waals surface area contributed by atoms with Gasteiger partial charge in [0.1, 0.15) is 5.75 Å². The van der Waals surface area contributed by atoms with Crippen LogP contribution in [0.4, 0.5) is 0 Å². The molecule has 3 nitrogen and oxygen atoms in total. The molecule has 1 N–H and O–H groups in total. The number of aromatic nitrogens is 1. The van der Waals surface area contributed by atoms with E-state index in [1.165, 1.54) is 11.1 Å². The summed E-state index contributed by atoms with van der Waals surface area (Å²) in [5, 5.41) is 3.51. The van der Waals surface area contributed by atoms with Crippen molar-refractivity contribution in [3.8, 4) is 5.75 Å². The van der Waals surface area contributed by atoms with Gasteiger partial charge in [-0.25, -0.2) is 0 Å². The summed E-state index contributed by atoms with van der Waals surface area (Å²) in [6.45, 7) is 9.75. The van der Waals surface area contributed by atoms with Gasteiger partial charge >= 0.3 is 0 Å². The van der Waals surface area contributed by atoms with Gasteiger partial charge in [0.15, 0.2) is 0 Å². The number of ether oxygens (including phenoxy) is 1. The second kappa shape index (κ2) is 7.23. The number of hydrogen-bond acceptors (Lipinski definition) is 3. The molecule has 0 saturated carbocycles. The first kappa shape index (κ1) is 15.5. The monoisotopic (exact) mass is 284 g/mol. The van der Waals surface area contributed by atoms with E-state index in [-0.39, 0.29) is 6.04 Å². The minimum Gasteiger partial charge on any atom is -0.494 e. The summed E-state index contributed by atoms with van der Waals surface area (Å²) < 4.78 is 5.55. The predicted octanol–water partition coefficient (Wildman–Crippen LogP) is 3.95. The Morgan fingerprint density at radius 1 is 1.19 bits per heavy atom. The molecule has 0 amide bonds. The smallest absolute Gasteiger partial charge is 0.119 e. The minimum absolute atomic E-state index is 0.258. The van der Waals surface area contributed by atoms with E-state index in [0.29, 0.717) is 6.61 Å². The first-order valence-electron chi connectivity index (χ1n) is 7.49. The standard InChI is InChI=1S/C18H24N2O/c1-5-21-18-8-6-7-16(11-18)15(4)19-12-17-10-9-13(2)14(3)20-17/h6-11,15,19H,5,12H2,1-4H3. The van der Waals surface area contributed by atoms with Crippen molar-refractivity contribution in [2.75, 3.05) is 6.61 Å². The quantitative estimate of drug-likeness (QED) is 0.872. The molecule has 21 heavy (non-hydrogen) atoms. The molecular weight excluding hydrogens is 260 g/mol. The SMILES string of the molecule is CCOc1cccc(C(C)NCc2ccc(C)c(C)n2)c1. The number of rotatable bonds is 6. The number of nitrogens with zero attached hydrogens (tertiary/aromatic N) is 1. The first-order valence-corrected chi connectivity index (χ1v) is 7.49. The molecule has 1 aromatic carbocycles. The van der Waals surface area contributed by atoms with Gasteiger partial charge < -0.3 is 10.1 Å². The maximum atomic E-state index is 5.55. The summed E-state index contributed by atoms with van der Waals surface area (Å²) in [7, 11) is 0. The van der Waals surface area contributed by atoms with Crippen LogP contribution in [-0.4, -0.2) is 11.6 Å². The molecule has 1 heterocycles. The number of aryl methyl sites for hydroxylation is 2. The van der Waals surface area contributed by atoms with Gasteiger partial charge in [-0.1, -0.05) is 18.2 Å². The predicted molar refractivity (Wildman–Crippen MR) is 86.6 cm³/mol.